The van der Waals surface area contributed by atoms with Crippen LogP contribution < -0.4 is 5.32 Å². The van der Waals surface area contributed by atoms with E-state index in [0.29, 0.717) is 12.3 Å². The fraction of sp³-hybridized carbons (Fsp3) is 0.611. The molecule has 23 heavy (non-hydrogen) atoms. The SMILES string of the molecule is CC1(C)[C@H](NC(=O)[C@@H]2C[C@@H]2c2c(F)cccc2F)[C@H]2CCO[C@@H]21. The lowest BCUT2D eigenvalue weighted by Gasteiger charge is -2.54. The van der Waals surface area contributed by atoms with Crippen LogP contribution in [0.3, 0.4) is 0 Å². The van der Waals surface area contributed by atoms with Crippen LogP contribution in [0.5, 0.6) is 0 Å². The van der Waals surface area contributed by atoms with Crippen molar-refractivity contribution in [2.75, 3.05) is 6.61 Å². The molecule has 2 aliphatic carbocycles. The van der Waals surface area contributed by atoms with Crippen molar-refractivity contribution in [2.45, 2.75) is 44.8 Å². The van der Waals surface area contributed by atoms with Crippen LogP contribution in [0.15, 0.2) is 18.2 Å². The van der Waals surface area contributed by atoms with Gasteiger partial charge in [0.2, 0.25) is 5.91 Å². The molecule has 0 radical (unpaired) electrons. The molecule has 3 nitrogen and oxygen atoms in total. The molecule has 5 atom stereocenters. The summed E-state index contributed by atoms with van der Waals surface area (Å²) in [6.45, 7) is 4.95. The summed E-state index contributed by atoms with van der Waals surface area (Å²) in [5.41, 5.74) is -0.0209. The number of amides is 1. The zero-order chi connectivity index (χ0) is 16.4. The predicted molar refractivity (Wildman–Crippen MR) is 80.8 cm³/mol. The van der Waals surface area contributed by atoms with E-state index < -0.39 is 11.6 Å². The Kier molecular flexibility index (Phi) is 3.28. The number of halogens is 2. The Hall–Kier alpha value is -1.49. The summed E-state index contributed by atoms with van der Waals surface area (Å²) in [7, 11) is 0. The van der Waals surface area contributed by atoms with Gasteiger partial charge in [-0.05, 0) is 25.0 Å². The molecule has 5 heteroatoms. The van der Waals surface area contributed by atoms with Crippen LogP contribution in [0.1, 0.15) is 38.2 Å². The van der Waals surface area contributed by atoms with Crippen LogP contribution in [-0.2, 0) is 9.53 Å². The number of nitrogens with one attached hydrogen (secondary N) is 1. The first-order valence-corrected chi connectivity index (χ1v) is 8.27. The normalized spacial score (nSPS) is 37.0. The largest absolute Gasteiger partial charge is 0.377 e. The molecule has 0 spiro atoms. The molecular weight excluding hydrogens is 300 g/mol. The Bertz CT molecular complexity index is 640. The van der Waals surface area contributed by atoms with E-state index in [2.05, 4.69) is 19.2 Å². The quantitative estimate of drug-likeness (QED) is 0.929. The second-order valence-electron chi connectivity index (χ2n) is 7.64. The van der Waals surface area contributed by atoms with Crippen molar-refractivity contribution in [3.05, 3.63) is 35.4 Å². The van der Waals surface area contributed by atoms with Crippen LogP contribution in [0, 0.1) is 28.9 Å². The first kappa shape index (κ1) is 15.1. The Labute approximate surface area is 134 Å². The first-order valence-electron chi connectivity index (χ1n) is 8.27. The maximum atomic E-state index is 13.8. The fourth-order valence-electron chi connectivity index (χ4n) is 4.55. The lowest BCUT2D eigenvalue weighted by atomic mass is 9.57. The van der Waals surface area contributed by atoms with Crippen LogP contribution in [0.4, 0.5) is 8.78 Å². The van der Waals surface area contributed by atoms with E-state index in [0.717, 1.165) is 13.0 Å². The summed E-state index contributed by atoms with van der Waals surface area (Å²) in [6.07, 6.45) is 1.70. The minimum Gasteiger partial charge on any atom is -0.377 e. The third-order valence-electron chi connectivity index (χ3n) is 5.90. The van der Waals surface area contributed by atoms with E-state index in [1.54, 1.807) is 0 Å². The minimum atomic E-state index is -0.557. The van der Waals surface area contributed by atoms with Crippen LogP contribution in [0.2, 0.25) is 0 Å². The van der Waals surface area contributed by atoms with Gasteiger partial charge in [0, 0.05) is 41.4 Å². The zero-order valence-corrected chi connectivity index (χ0v) is 13.3. The average molecular weight is 321 g/mol. The summed E-state index contributed by atoms with van der Waals surface area (Å²) in [5, 5.41) is 3.11. The van der Waals surface area contributed by atoms with Gasteiger partial charge in [-0.25, -0.2) is 8.78 Å². The van der Waals surface area contributed by atoms with Crippen molar-refractivity contribution in [1.29, 1.82) is 0 Å². The van der Waals surface area contributed by atoms with Gasteiger partial charge in [0.05, 0.1) is 6.10 Å². The molecule has 1 saturated heterocycles. The van der Waals surface area contributed by atoms with Gasteiger partial charge in [-0.2, -0.15) is 0 Å². The van der Waals surface area contributed by atoms with Gasteiger partial charge in [-0.3, -0.25) is 4.79 Å². The topological polar surface area (TPSA) is 38.3 Å². The summed E-state index contributed by atoms with van der Waals surface area (Å²) < 4.78 is 33.4. The Morgan fingerprint density at radius 1 is 1.30 bits per heavy atom. The molecule has 3 fully saturated rings. The van der Waals surface area contributed by atoms with E-state index in [1.165, 1.54) is 18.2 Å². The molecule has 1 aromatic rings. The molecular formula is C18H21F2NO2. The second kappa shape index (κ2) is 5.00. The highest BCUT2D eigenvalue weighted by atomic mass is 19.1. The smallest absolute Gasteiger partial charge is 0.224 e. The second-order valence-corrected chi connectivity index (χ2v) is 7.64. The molecule has 1 aliphatic heterocycles. The first-order chi connectivity index (χ1) is 10.9. The lowest BCUT2D eigenvalue weighted by Crippen LogP contribution is -2.66. The Morgan fingerprint density at radius 2 is 2.00 bits per heavy atom. The standard InChI is InChI=1S/C18H21F2NO2/c1-18(2)15(9-6-7-23-16(9)18)21-17(22)11-8-10(11)14-12(19)4-3-5-13(14)20/h3-5,9-11,15-16H,6-8H2,1-2H3,(H,21,22)/t9-,10+,11-,15-,16+/m1/s1. The van der Waals surface area contributed by atoms with Crippen LogP contribution >= 0.6 is 0 Å². The number of fused-ring (bicyclic) bond motifs is 1. The summed E-state index contributed by atoms with van der Waals surface area (Å²) in [6, 6.07) is 3.94. The number of hydrogen-bond donors (Lipinski definition) is 1. The van der Waals surface area contributed by atoms with Crippen LogP contribution in [-0.4, -0.2) is 24.7 Å². The number of ether oxygens (including phenoxy) is 1. The monoisotopic (exact) mass is 321 g/mol. The molecule has 3 aliphatic rings. The van der Waals surface area contributed by atoms with Crippen molar-refractivity contribution in [3.8, 4) is 0 Å². The van der Waals surface area contributed by atoms with Crippen molar-refractivity contribution < 1.29 is 18.3 Å². The molecule has 0 bridgehead atoms. The highest BCUT2D eigenvalue weighted by molar-refractivity contribution is 5.83. The molecule has 4 rings (SSSR count). The van der Waals surface area contributed by atoms with Gasteiger partial charge < -0.3 is 10.1 Å². The van der Waals surface area contributed by atoms with Crippen LogP contribution in [0.25, 0.3) is 0 Å². The number of benzene rings is 1. The number of rotatable bonds is 3. The molecule has 2 saturated carbocycles. The van der Waals surface area contributed by atoms with Gasteiger partial charge in [-0.1, -0.05) is 19.9 Å². The lowest BCUT2D eigenvalue weighted by molar-refractivity contribution is -0.138. The van der Waals surface area contributed by atoms with Gasteiger partial charge in [-0.15, -0.1) is 0 Å². The average Bonchev–Trinajstić information content (AvgIpc) is 3.13. The molecule has 1 N–H and O–H groups in total. The van der Waals surface area contributed by atoms with Crippen molar-refractivity contribution in [1.82, 2.24) is 5.32 Å². The van der Waals surface area contributed by atoms with E-state index in [1.807, 2.05) is 0 Å². The van der Waals surface area contributed by atoms with Gasteiger partial charge in [0.1, 0.15) is 11.6 Å². The van der Waals surface area contributed by atoms with E-state index in [9.17, 15) is 13.6 Å². The Balaban J connectivity index is 1.44. The highest BCUT2D eigenvalue weighted by Gasteiger charge is 2.60. The fourth-order valence-corrected chi connectivity index (χ4v) is 4.55. The van der Waals surface area contributed by atoms with Gasteiger partial charge in [0.15, 0.2) is 0 Å². The summed E-state index contributed by atoms with van der Waals surface area (Å²) >= 11 is 0. The number of hydrogen-bond acceptors (Lipinski definition) is 2. The van der Waals surface area contributed by atoms with Crippen molar-refractivity contribution in [3.63, 3.8) is 0 Å². The third kappa shape index (κ3) is 2.20. The summed E-state index contributed by atoms with van der Waals surface area (Å²) in [4.78, 5) is 12.5. The third-order valence-corrected chi connectivity index (χ3v) is 5.90. The van der Waals surface area contributed by atoms with E-state index >= 15 is 0 Å². The molecule has 0 aromatic heterocycles. The maximum Gasteiger partial charge on any atom is 0.224 e. The molecule has 1 aromatic carbocycles. The predicted octanol–water partition coefficient (Wildman–Crippen LogP) is 3.00. The zero-order valence-electron chi connectivity index (χ0n) is 13.3. The summed E-state index contributed by atoms with van der Waals surface area (Å²) in [5.74, 6) is -1.48. The molecule has 1 amide bonds. The van der Waals surface area contributed by atoms with Gasteiger partial charge >= 0.3 is 0 Å². The van der Waals surface area contributed by atoms with E-state index in [4.69, 9.17) is 4.74 Å². The van der Waals surface area contributed by atoms with Crippen molar-refractivity contribution in [2.24, 2.45) is 17.3 Å². The number of carbonyl (C=O) groups is 1. The minimum absolute atomic E-state index is 0.0580. The molecule has 1 heterocycles. The Morgan fingerprint density at radius 3 is 2.70 bits per heavy atom. The molecule has 124 valence electrons. The highest BCUT2D eigenvalue weighted by Crippen LogP contribution is 2.54. The van der Waals surface area contributed by atoms with E-state index in [-0.39, 0.29) is 40.9 Å². The van der Waals surface area contributed by atoms with Gasteiger partial charge in [0.25, 0.3) is 0 Å². The molecule has 0 unspecified atom stereocenters. The number of carbonyl (C=O) groups excluding carboxylic acids is 1. The van der Waals surface area contributed by atoms with Crippen molar-refractivity contribution >= 4 is 5.91 Å². The maximum absolute atomic E-state index is 13.8.